The number of aryl methyl sites for hydroxylation is 1. The molecule has 0 saturated heterocycles. The van der Waals surface area contributed by atoms with E-state index < -0.39 is 0 Å². The molecule has 0 atom stereocenters. The fraction of sp³-hybridized carbons (Fsp3) is 0.714. The molecule has 0 saturated carbocycles. The fourth-order valence-corrected chi connectivity index (χ4v) is 1.75. The van der Waals surface area contributed by atoms with Crippen LogP contribution >= 0.6 is 0 Å². The first kappa shape index (κ1) is 15.7. The summed E-state index contributed by atoms with van der Waals surface area (Å²) in [6.07, 6.45) is 3.32. The van der Waals surface area contributed by atoms with Gasteiger partial charge in [0.2, 0.25) is 5.95 Å². The summed E-state index contributed by atoms with van der Waals surface area (Å²) < 4.78 is 5.02. The number of unbranched alkanes of at least 4 members (excludes halogenated alkanes) is 1. The number of methoxy groups -OCH3 is 1. The normalized spacial score (nSPS) is 10.5. The van der Waals surface area contributed by atoms with Crippen molar-refractivity contribution < 1.29 is 4.74 Å². The van der Waals surface area contributed by atoms with Crippen LogP contribution in [-0.2, 0) is 4.74 Å². The lowest BCUT2D eigenvalue weighted by Gasteiger charge is -2.19. The van der Waals surface area contributed by atoms with E-state index in [-0.39, 0.29) is 0 Å². The summed E-state index contributed by atoms with van der Waals surface area (Å²) in [6.45, 7) is 6.80. The molecule has 0 aromatic carbocycles. The van der Waals surface area contributed by atoms with E-state index in [0.717, 1.165) is 37.6 Å². The summed E-state index contributed by atoms with van der Waals surface area (Å²) in [5.74, 6) is 1.68. The van der Waals surface area contributed by atoms with E-state index in [1.54, 1.807) is 7.11 Å². The quantitative estimate of drug-likeness (QED) is 0.696. The van der Waals surface area contributed by atoms with E-state index in [2.05, 4.69) is 34.2 Å². The molecule has 0 amide bonds. The van der Waals surface area contributed by atoms with Gasteiger partial charge in [0.15, 0.2) is 0 Å². The van der Waals surface area contributed by atoms with Crippen molar-refractivity contribution in [3.63, 3.8) is 0 Å². The minimum Gasteiger partial charge on any atom is -0.385 e. The van der Waals surface area contributed by atoms with Crippen LogP contribution in [0.3, 0.4) is 0 Å². The average Bonchev–Trinajstić information content (AvgIpc) is 2.40. The van der Waals surface area contributed by atoms with E-state index in [0.29, 0.717) is 5.95 Å². The molecule has 5 nitrogen and oxygen atoms in total. The number of rotatable bonds is 9. The first-order valence-electron chi connectivity index (χ1n) is 6.97. The zero-order valence-corrected chi connectivity index (χ0v) is 12.6. The van der Waals surface area contributed by atoms with Crippen molar-refractivity contribution in [2.45, 2.75) is 33.1 Å². The highest BCUT2D eigenvalue weighted by Gasteiger charge is 2.06. The summed E-state index contributed by atoms with van der Waals surface area (Å²) in [5.41, 5.74) is 0.989. The van der Waals surface area contributed by atoms with Gasteiger partial charge in [-0.3, -0.25) is 0 Å². The zero-order chi connectivity index (χ0) is 14.1. The predicted octanol–water partition coefficient (Wildman–Crippen LogP) is 2.47. The highest BCUT2D eigenvalue weighted by Crippen LogP contribution is 2.14. The van der Waals surface area contributed by atoms with Crippen LogP contribution in [0.5, 0.6) is 0 Å². The summed E-state index contributed by atoms with van der Waals surface area (Å²) in [6, 6.07) is 2.02. The van der Waals surface area contributed by atoms with Crippen molar-refractivity contribution in [3.05, 3.63) is 11.8 Å². The zero-order valence-electron chi connectivity index (χ0n) is 12.6. The van der Waals surface area contributed by atoms with Crippen LogP contribution in [-0.4, -0.2) is 43.8 Å². The lowest BCUT2D eigenvalue weighted by molar-refractivity contribution is 0.197. The second-order valence-corrected chi connectivity index (χ2v) is 4.74. The summed E-state index contributed by atoms with van der Waals surface area (Å²) in [7, 11) is 3.79. The minimum absolute atomic E-state index is 0.703. The predicted molar refractivity (Wildman–Crippen MR) is 79.9 cm³/mol. The molecular weight excluding hydrogens is 240 g/mol. The molecule has 0 radical (unpaired) electrons. The SMILES string of the molecule is CCCCN(C)c1cc(C)nc(NCCCOC)n1. The highest BCUT2D eigenvalue weighted by atomic mass is 16.5. The molecule has 1 rings (SSSR count). The molecule has 0 bridgehead atoms. The van der Waals surface area contributed by atoms with Gasteiger partial charge < -0.3 is 15.0 Å². The van der Waals surface area contributed by atoms with Gasteiger partial charge in [-0.05, 0) is 19.8 Å². The van der Waals surface area contributed by atoms with Crippen molar-refractivity contribution in [3.8, 4) is 0 Å². The number of anilines is 2. The Bertz CT molecular complexity index is 370. The monoisotopic (exact) mass is 266 g/mol. The summed E-state index contributed by atoms with van der Waals surface area (Å²) >= 11 is 0. The van der Waals surface area contributed by atoms with E-state index >= 15 is 0 Å². The number of hydrogen-bond acceptors (Lipinski definition) is 5. The van der Waals surface area contributed by atoms with Crippen LogP contribution in [0.15, 0.2) is 6.07 Å². The fourth-order valence-electron chi connectivity index (χ4n) is 1.75. The smallest absolute Gasteiger partial charge is 0.224 e. The Labute approximate surface area is 116 Å². The second-order valence-electron chi connectivity index (χ2n) is 4.74. The minimum atomic E-state index is 0.703. The van der Waals surface area contributed by atoms with Crippen LogP contribution in [0, 0.1) is 6.92 Å². The Hall–Kier alpha value is -1.36. The van der Waals surface area contributed by atoms with Crippen LogP contribution < -0.4 is 10.2 Å². The molecule has 0 aliphatic rings. The van der Waals surface area contributed by atoms with Crippen molar-refractivity contribution in [1.82, 2.24) is 9.97 Å². The Balaban J connectivity index is 2.60. The van der Waals surface area contributed by atoms with Crippen LogP contribution in [0.2, 0.25) is 0 Å². The molecule has 1 aromatic rings. The molecule has 0 spiro atoms. The van der Waals surface area contributed by atoms with E-state index in [9.17, 15) is 0 Å². The third-order valence-electron chi connectivity index (χ3n) is 2.89. The molecular formula is C14H26N4O. The molecule has 1 N–H and O–H groups in total. The Morgan fingerprint density at radius 2 is 2.11 bits per heavy atom. The molecule has 19 heavy (non-hydrogen) atoms. The van der Waals surface area contributed by atoms with E-state index in [4.69, 9.17) is 4.74 Å². The summed E-state index contributed by atoms with van der Waals surface area (Å²) in [4.78, 5) is 11.1. The second kappa shape index (κ2) is 8.69. The maximum Gasteiger partial charge on any atom is 0.224 e. The van der Waals surface area contributed by atoms with Gasteiger partial charge in [-0.15, -0.1) is 0 Å². The molecule has 0 fully saturated rings. The average molecular weight is 266 g/mol. The van der Waals surface area contributed by atoms with Crippen molar-refractivity contribution in [2.24, 2.45) is 0 Å². The van der Waals surface area contributed by atoms with Crippen molar-refractivity contribution in [1.29, 1.82) is 0 Å². The molecule has 1 heterocycles. The summed E-state index contributed by atoms with van der Waals surface area (Å²) in [5, 5.41) is 3.24. The lowest BCUT2D eigenvalue weighted by atomic mass is 10.3. The van der Waals surface area contributed by atoms with Crippen LogP contribution in [0.25, 0.3) is 0 Å². The third kappa shape index (κ3) is 5.87. The molecule has 0 aliphatic heterocycles. The van der Waals surface area contributed by atoms with Crippen molar-refractivity contribution in [2.75, 3.05) is 44.1 Å². The molecule has 5 heteroatoms. The van der Waals surface area contributed by atoms with Gasteiger partial charge in [-0.25, -0.2) is 4.98 Å². The van der Waals surface area contributed by atoms with E-state index in [1.807, 2.05) is 13.0 Å². The molecule has 1 aromatic heterocycles. The first-order valence-corrected chi connectivity index (χ1v) is 6.97. The maximum absolute atomic E-state index is 5.02. The molecule has 0 aliphatic carbocycles. The standard InChI is InChI=1S/C14H26N4O/c1-5-6-9-18(3)13-11-12(2)16-14(17-13)15-8-7-10-19-4/h11H,5-10H2,1-4H3,(H,15,16,17). The van der Waals surface area contributed by atoms with Gasteiger partial charge >= 0.3 is 0 Å². The van der Waals surface area contributed by atoms with Gasteiger partial charge in [0.05, 0.1) is 0 Å². The number of nitrogens with zero attached hydrogens (tertiary/aromatic N) is 3. The molecule has 108 valence electrons. The Kier molecular flexibility index (Phi) is 7.18. The van der Waals surface area contributed by atoms with Crippen molar-refractivity contribution >= 4 is 11.8 Å². The number of hydrogen-bond donors (Lipinski definition) is 1. The van der Waals surface area contributed by atoms with Crippen LogP contribution in [0.1, 0.15) is 31.9 Å². The van der Waals surface area contributed by atoms with Gasteiger partial charge in [0.25, 0.3) is 0 Å². The van der Waals surface area contributed by atoms with Gasteiger partial charge in [-0.2, -0.15) is 4.98 Å². The molecule has 0 unspecified atom stereocenters. The Morgan fingerprint density at radius 1 is 1.32 bits per heavy atom. The Morgan fingerprint density at radius 3 is 2.79 bits per heavy atom. The largest absolute Gasteiger partial charge is 0.385 e. The lowest BCUT2D eigenvalue weighted by Crippen LogP contribution is -2.20. The topological polar surface area (TPSA) is 50.3 Å². The highest BCUT2D eigenvalue weighted by molar-refractivity contribution is 5.43. The maximum atomic E-state index is 5.02. The number of nitrogens with one attached hydrogen (secondary N) is 1. The third-order valence-corrected chi connectivity index (χ3v) is 2.89. The van der Waals surface area contributed by atoms with Gasteiger partial charge in [0, 0.05) is 45.6 Å². The van der Waals surface area contributed by atoms with Gasteiger partial charge in [-0.1, -0.05) is 13.3 Å². The number of aromatic nitrogens is 2. The first-order chi connectivity index (χ1) is 9.17. The van der Waals surface area contributed by atoms with E-state index in [1.165, 1.54) is 12.8 Å². The van der Waals surface area contributed by atoms with Gasteiger partial charge in [0.1, 0.15) is 5.82 Å². The number of ether oxygens (including phenoxy) is 1. The van der Waals surface area contributed by atoms with Crippen LogP contribution in [0.4, 0.5) is 11.8 Å².